The number of piperidine rings is 1. The van der Waals surface area contributed by atoms with Crippen molar-refractivity contribution in [2.75, 3.05) is 11.9 Å². The van der Waals surface area contributed by atoms with Gasteiger partial charge in [-0.3, -0.25) is 4.79 Å². The molecule has 1 fully saturated rings. The quantitative estimate of drug-likeness (QED) is 0.853. The molecule has 1 aromatic rings. The molecular formula is C15H19N3O. The molecule has 1 heterocycles. The number of nitrogens with zero attached hydrogens (tertiary/aromatic N) is 1. The van der Waals surface area contributed by atoms with E-state index in [0.29, 0.717) is 17.3 Å². The van der Waals surface area contributed by atoms with Gasteiger partial charge in [0.1, 0.15) is 6.07 Å². The topological polar surface area (TPSA) is 64.9 Å². The molecule has 2 unspecified atom stereocenters. The van der Waals surface area contributed by atoms with Crippen molar-refractivity contribution in [2.45, 2.75) is 32.7 Å². The highest BCUT2D eigenvalue weighted by Gasteiger charge is 2.25. The lowest BCUT2D eigenvalue weighted by atomic mass is 9.92. The molecule has 2 N–H and O–H groups in total. The smallest absolute Gasteiger partial charge is 0.227 e. The number of anilines is 1. The Kier molecular flexibility index (Phi) is 4.18. The third kappa shape index (κ3) is 3.12. The Morgan fingerprint density at radius 3 is 3.00 bits per heavy atom. The van der Waals surface area contributed by atoms with Crippen LogP contribution in [0.15, 0.2) is 18.2 Å². The van der Waals surface area contributed by atoms with Crippen molar-refractivity contribution in [3.8, 4) is 6.07 Å². The minimum absolute atomic E-state index is 0.0236. The van der Waals surface area contributed by atoms with Crippen molar-refractivity contribution in [3.63, 3.8) is 0 Å². The van der Waals surface area contributed by atoms with Crippen molar-refractivity contribution < 1.29 is 4.79 Å². The maximum atomic E-state index is 12.2. The van der Waals surface area contributed by atoms with Crippen LogP contribution in [0, 0.1) is 24.2 Å². The molecule has 1 saturated heterocycles. The van der Waals surface area contributed by atoms with Crippen LogP contribution in [0.25, 0.3) is 0 Å². The number of carbonyl (C=O) groups excluding carboxylic acids is 1. The summed E-state index contributed by atoms with van der Waals surface area (Å²) < 4.78 is 0. The Hall–Kier alpha value is -1.86. The van der Waals surface area contributed by atoms with Crippen LogP contribution < -0.4 is 10.6 Å². The maximum Gasteiger partial charge on any atom is 0.227 e. The minimum atomic E-state index is 0.0236. The standard InChI is InChI=1S/C15H19N3O/c1-10-4-3-5-14(13(10)9-16)18-15(19)12-6-7-17-11(2)8-12/h3-5,11-12,17H,6-8H2,1-2H3,(H,18,19). The zero-order valence-electron chi connectivity index (χ0n) is 11.4. The first-order valence-electron chi connectivity index (χ1n) is 6.65. The Morgan fingerprint density at radius 2 is 2.32 bits per heavy atom. The third-order valence-electron chi connectivity index (χ3n) is 3.64. The average molecular weight is 257 g/mol. The summed E-state index contributed by atoms with van der Waals surface area (Å²) in [7, 11) is 0. The van der Waals surface area contributed by atoms with E-state index >= 15 is 0 Å². The van der Waals surface area contributed by atoms with Gasteiger partial charge in [-0.15, -0.1) is 0 Å². The summed E-state index contributed by atoms with van der Waals surface area (Å²) in [5.41, 5.74) is 2.07. The van der Waals surface area contributed by atoms with E-state index < -0.39 is 0 Å². The molecule has 2 atom stereocenters. The highest BCUT2D eigenvalue weighted by Crippen LogP contribution is 2.22. The Bertz CT molecular complexity index is 519. The molecule has 1 aliphatic heterocycles. The van der Waals surface area contributed by atoms with Crippen LogP contribution in [0.4, 0.5) is 5.69 Å². The molecule has 0 bridgehead atoms. The highest BCUT2D eigenvalue weighted by molar-refractivity contribution is 5.94. The molecule has 100 valence electrons. The van der Waals surface area contributed by atoms with E-state index in [1.807, 2.05) is 19.1 Å². The first-order valence-corrected chi connectivity index (χ1v) is 6.65. The molecular weight excluding hydrogens is 238 g/mol. The van der Waals surface area contributed by atoms with E-state index in [1.165, 1.54) is 0 Å². The molecule has 0 saturated carbocycles. The summed E-state index contributed by atoms with van der Waals surface area (Å²) in [5, 5.41) is 15.4. The van der Waals surface area contributed by atoms with E-state index in [9.17, 15) is 4.79 Å². The van der Waals surface area contributed by atoms with Crippen LogP contribution in [0.3, 0.4) is 0 Å². The second kappa shape index (κ2) is 5.85. The molecule has 0 spiro atoms. The minimum Gasteiger partial charge on any atom is -0.325 e. The molecule has 4 nitrogen and oxygen atoms in total. The Balaban J connectivity index is 2.11. The van der Waals surface area contributed by atoms with E-state index in [1.54, 1.807) is 6.07 Å². The van der Waals surface area contributed by atoms with Crippen molar-refractivity contribution in [1.82, 2.24) is 5.32 Å². The second-order valence-electron chi connectivity index (χ2n) is 5.17. The zero-order valence-corrected chi connectivity index (χ0v) is 11.4. The summed E-state index contributed by atoms with van der Waals surface area (Å²) in [6, 6.07) is 8.05. The van der Waals surface area contributed by atoms with E-state index in [-0.39, 0.29) is 11.8 Å². The predicted octanol–water partition coefficient (Wildman–Crippen LogP) is 2.19. The van der Waals surface area contributed by atoms with Gasteiger partial charge in [0.2, 0.25) is 5.91 Å². The fraction of sp³-hybridized carbons (Fsp3) is 0.467. The Morgan fingerprint density at radius 1 is 1.53 bits per heavy atom. The molecule has 0 radical (unpaired) electrons. The van der Waals surface area contributed by atoms with Crippen LogP contribution in [-0.4, -0.2) is 18.5 Å². The number of nitriles is 1. The van der Waals surface area contributed by atoms with Gasteiger partial charge in [0, 0.05) is 12.0 Å². The van der Waals surface area contributed by atoms with Gasteiger partial charge >= 0.3 is 0 Å². The fourth-order valence-corrected chi connectivity index (χ4v) is 2.53. The van der Waals surface area contributed by atoms with Crippen LogP contribution in [0.5, 0.6) is 0 Å². The van der Waals surface area contributed by atoms with Gasteiger partial charge in [-0.05, 0) is 44.9 Å². The van der Waals surface area contributed by atoms with Crippen LogP contribution in [0.1, 0.15) is 30.9 Å². The van der Waals surface area contributed by atoms with Gasteiger partial charge in [-0.2, -0.15) is 5.26 Å². The molecule has 1 aliphatic rings. The largest absolute Gasteiger partial charge is 0.325 e. The highest BCUT2D eigenvalue weighted by atomic mass is 16.1. The SMILES string of the molecule is Cc1cccc(NC(=O)C2CCNC(C)C2)c1C#N. The number of amides is 1. The predicted molar refractivity (Wildman–Crippen MR) is 74.7 cm³/mol. The monoisotopic (exact) mass is 257 g/mol. The lowest BCUT2D eigenvalue weighted by Gasteiger charge is -2.27. The van der Waals surface area contributed by atoms with Crippen LogP contribution in [0.2, 0.25) is 0 Å². The number of benzene rings is 1. The summed E-state index contributed by atoms with van der Waals surface area (Å²) in [6.07, 6.45) is 1.70. The molecule has 0 aliphatic carbocycles. The average Bonchev–Trinajstić information content (AvgIpc) is 2.39. The second-order valence-corrected chi connectivity index (χ2v) is 5.17. The van der Waals surface area contributed by atoms with Gasteiger partial charge in [-0.25, -0.2) is 0 Å². The number of aryl methyl sites for hydroxylation is 1. The van der Waals surface area contributed by atoms with Crippen molar-refractivity contribution in [3.05, 3.63) is 29.3 Å². The summed E-state index contributed by atoms with van der Waals surface area (Å²) >= 11 is 0. The van der Waals surface area contributed by atoms with Gasteiger partial charge in [0.15, 0.2) is 0 Å². The van der Waals surface area contributed by atoms with E-state index in [0.717, 1.165) is 24.9 Å². The van der Waals surface area contributed by atoms with Crippen LogP contribution in [-0.2, 0) is 4.79 Å². The van der Waals surface area contributed by atoms with Crippen LogP contribution >= 0.6 is 0 Å². The summed E-state index contributed by atoms with van der Waals surface area (Å²) in [5.74, 6) is 0.0544. The van der Waals surface area contributed by atoms with Crippen molar-refractivity contribution in [2.24, 2.45) is 5.92 Å². The van der Waals surface area contributed by atoms with Gasteiger partial charge in [0.25, 0.3) is 0 Å². The Labute approximate surface area is 113 Å². The van der Waals surface area contributed by atoms with Crippen molar-refractivity contribution >= 4 is 11.6 Å². The normalized spacial score (nSPS) is 22.6. The number of hydrogen-bond acceptors (Lipinski definition) is 3. The van der Waals surface area contributed by atoms with Gasteiger partial charge in [0.05, 0.1) is 11.3 Å². The number of hydrogen-bond donors (Lipinski definition) is 2. The van der Waals surface area contributed by atoms with Gasteiger partial charge in [-0.1, -0.05) is 12.1 Å². The molecule has 2 rings (SSSR count). The van der Waals surface area contributed by atoms with E-state index in [4.69, 9.17) is 5.26 Å². The number of rotatable bonds is 2. The molecule has 0 aromatic heterocycles. The summed E-state index contributed by atoms with van der Waals surface area (Å²) in [4.78, 5) is 12.2. The fourth-order valence-electron chi connectivity index (χ4n) is 2.53. The van der Waals surface area contributed by atoms with Crippen molar-refractivity contribution in [1.29, 1.82) is 5.26 Å². The van der Waals surface area contributed by atoms with E-state index in [2.05, 4.69) is 23.6 Å². The maximum absolute atomic E-state index is 12.2. The van der Waals surface area contributed by atoms with Gasteiger partial charge < -0.3 is 10.6 Å². The number of nitrogens with one attached hydrogen (secondary N) is 2. The molecule has 19 heavy (non-hydrogen) atoms. The lowest BCUT2D eigenvalue weighted by Crippen LogP contribution is -2.40. The molecule has 4 heteroatoms. The summed E-state index contributed by atoms with van der Waals surface area (Å²) in [6.45, 7) is 4.84. The number of carbonyl (C=O) groups is 1. The lowest BCUT2D eigenvalue weighted by molar-refractivity contribution is -0.120. The third-order valence-corrected chi connectivity index (χ3v) is 3.64. The molecule has 1 aromatic carbocycles. The zero-order chi connectivity index (χ0) is 13.8. The first-order chi connectivity index (χ1) is 9.11. The first kappa shape index (κ1) is 13.6. The molecule has 1 amide bonds.